The average molecular weight is 342 g/mol. The van der Waals surface area contributed by atoms with Crippen molar-refractivity contribution in [2.45, 2.75) is 12.5 Å². The molecule has 0 aliphatic heterocycles. The number of Topliss-reactive ketones (excluding diaryl/α,β-unsaturated/α-hetero) is 1. The highest BCUT2D eigenvalue weighted by Gasteiger charge is 2.24. The van der Waals surface area contributed by atoms with Crippen molar-refractivity contribution < 1.29 is 33.3 Å². The topological polar surface area (TPSA) is 82.1 Å². The minimum Gasteiger partial charge on any atom is -0.493 e. The Balaban J connectivity index is 2.42. The van der Waals surface area contributed by atoms with Crippen LogP contribution in [0.5, 0.6) is 11.5 Å². The zero-order valence-electron chi connectivity index (χ0n) is 12.7. The first kappa shape index (κ1) is 17.2. The largest absolute Gasteiger partial charge is 0.493 e. The van der Waals surface area contributed by atoms with Gasteiger partial charge in [0.15, 0.2) is 29.2 Å². The summed E-state index contributed by atoms with van der Waals surface area (Å²) in [5, 5.41) is 9.15. The highest BCUT2D eigenvalue weighted by atomic mass is 32.1. The fraction of sp³-hybridized carbons (Fsp3) is 0.333. The lowest BCUT2D eigenvalue weighted by atomic mass is 10.1. The normalized spacial score (nSPS) is 12.2. The zero-order valence-corrected chi connectivity index (χ0v) is 13.5. The van der Waals surface area contributed by atoms with Crippen molar-refractivity contribution in [3.63, 3.8) is 0 Å². The van der Waals surface area contributed by atoms with E-state index < -0.39 is 23.7 Å². The Labute approximate surface area is 135 Å². The maximum absolute atomic E-state index is 14.4. The zero-order chi connectivity index (χ0) is 17.1. The summed E-state index contributed by atoms with van der Waals surface area (Å²) in [5.41, 5.74) is 0. The highest BCUT2D eigenvalue weighted by molar-refractivity contribution is 7.20. The molecule has 1 N–H and O–H groups in total. The number of thiophene rings is 1. The van der Waals surface area contributed by atoms with Crippen LogP contribution in [0.3, 0.4) is 0 Å². The lowest BCUT2D eigenvalue weighted by Crippen LogP contribution is -2.25. The Morgan fingerprint density at radius 1 is 1.26 bits per heavy atom. The summed E-state index contributed by atoms with van der Waals surface area (Å²) >= 11 is 1.06. The van der Waals surface area contributed by atoms with Gasteiger partial charge >= 0.3 is 5.97 Å². The predicted octanol–water partition coefficient (Wildman–Crippen LogP) is 2.73. The number of benzene rings is 1. The van der Waals surface area contributed by atoms with Gasteiger partial charge in [-0.05, 0) is 6.07 Å². The standard InChI is InChI=1S/C15H15FO6S/c1-20-9-6-11-7(13(16)14(9)22-3)4-12(23-11)8(17)5-10(21-2)15(18)19/h4,6,10H,5H2,1-3H3,(H,18,19)/t10-/m0/s1. The van der Waals surface area contributed by atoms with E-state index in [0.717, 1.165) is 11.3 Å². The molecular weight excluding hydrogens is 327 g/mol. The van der Waals surface area contributed by atoms with E-state index in [1.54, 1.807) is 6.07 Å². The summed E-state index contributed by atoms with van der Waals surface area (Å²) < 4.78 is 29.7. The van der Waals surface area contributed by atoms with Crippen molar-refractivity contribution in [2.75, 3.05) is 21.3 Å². The molecule has 1 aromatic carbocycles. The summed E-state index contributed by atoms with van der Waals surface area (Å²) in [5.74, 6) is -2.11. The fourth-order valence-electron chi connectivity index (χ4n) is 2.12. The number of ether oxygens (including phenoxy) is 3. The van der Waals surface area contributed by atoms with Crippen molar-refractivity contribution in [3.8, 4) is 11.5 Å². The number of fused-ring (bicyclic) bond motifs is 1. The molecule has 0 saturated heterocycles. The van der Waals surface area contributed by atoms with Crippen LogP contribution in [0, 0.1) is 5.82 Å². The number of carbonyl (C=O) groups is 2. The van der Waals surface area contributed by atoms with Crippen LogP contribution in [0.4, 0.5) is 4.39 Å². The molecular formula is C15H15FO6S. The van der Waals surface area contributed by atoms with Gasteiger partial charge in [0.25, 0.3) is 0 Å². The Bertz CT molecular complexity index is 754. The van der Waals surface area contributed by atoms with E-state index in [9.17, 15) is 14.0 Å². The lowest BCUT2D eigenvalue weighted by molar-refractivity contribution is -0.148. The maximum Gasteiger partial charge on any atom is 0.333 e. The lowest BCUT2D eigenvalue weighted by Gasteiger charge is -2.08. The molecule has 2 rings (SSSR count). The molecule has 0 bridgehead atoms. The first-order valence-electron chi connectivity index (χ1n) is 6.55. The third-order valence-electron chi connectivity index (χ3n) is 3.31. The Morgan fingerprint density at radius 3 is 2.48 bits per heavy atom. The molecule has 2 aromatic rings. The molecule has 6 nitrogen and oxygen atoms in total. The molecule has 0 fully saturated rings. The van der Waals surface area contributed by atoms with Crippen molar-refractivity contribution in [1.82, 2.24) is 0 Å². The molecule has 124 valence electrons. The van der Waals surface area contributed by atoms with Crippen molar-refractivity contribution in [1.29, 1.82) is 0 Å². The van der Waals surface area contributed by atoms with Gasteiger partial charge in [-0.25, -0.2) is 9.18 Å². The first-order chi connectivity index (χ1) is 10.9. The summed E-state index contributed by atoms with van der Waals surface area (Å²) in [6.45, 7) is 0. The van der Waals surface area contributed by atoms with E-state index in [4.69, 9.17) is 19.3 Å². The quantitative estimate of drug-likeness (QED) is 0.779. The smallest absolute Gasteiger partial charge is 0.333 e. The van der Waals surface area contributed by atoms with E-state index in [2.05, 4.69) is 0 Å². The molecule has 1 atom stereocenters. The minimum absolute atomic E-state index is 0.0443. The van der Waals surface area contributed by atoms with Gasteiger partial charge in [0.05, 0.1) is 19.1 Å². The molecule has 1 heterocycles. The molecule has 8 heteroatoms. The van der Waals surface area contributed by atoms with Crippen LogP contribution in [-0.2, 0) is 9.53 Å². The maximum atomic E-state index is 14.4. The Kier molecular flexibility index (Phi) is 5.17. The number of carboxylic acid groups (broad SMARTS) is 1. The van der Waals surface area contributed by atoms with Crippen LogP contribution in [0.2, 0.25) is 0 Å². The molecule has 23 heavy (non-hydrogen) atoms. The average Bonchev–Trinajstić information content (AvgIpc) is 2.96. The van der Waals surface area contributed by atoms with E-state index in [1.165, 1.54) is 27.4 Å². The van der Waals surface area contributed by atoms with Crippen molar-refractivity contribution >= 4 is 33.2 Å². The molecule has 1 aromatic heterocycles. The summed E-state index contributed by atoms with van der Waals surface area (Å²) in [4.78, 5) is 23.4. The summed E-state index contributed by atoms with van der Waals surface area (Å²) in [6, 6.07) is 2.96. The summed E-state index contributed by atoms with van der Waals surface area (Å²) in [6.07, 6.45) is -1.56. The molecule has 0 aliphatic carbocycles. The predicted molar refractivity (Wildman–Crippen MR) is 82.3 cm³/mol. The number of carbonyl (C=O) groups excluding carboxylic acids is 1. The Morgan fingerprint density at radius 2 is 1.96 bits per heavy atom. The number of aliphatic carboxylic acids is 1. The molecule has 0 amide bonds. The number of carboxylic acids is 1. The third kappa shape index (κ3) is 3.27. The van der Waals surface area contributed by atoms with E-state index in [0.29, 0.717) is 4.70 Å². The van der Waals surface area contributed by atoms with Gasteiger partial charge in [0, 0.05) is 29.7 Å². The number of hydrogen-bond donors (Lipinski definition) is 1. The number of hydrogen-bond acceptors (Lipinski definition) is 6. The molecule has 0 aliphatic rings. The van der Waals surface area contributed by atoms with E-state index in [-0.39, 0.29) is 28.2 Å². The fourth-order valence-corrected chi connectivity index (χ4v) is 3.15. The number of ketones is 1. The summed E-state index contributed by atoms with van der Waals surface area (Å²) in [7, 11) is 3.92. The SMILES string of the molecule is COc1cc2sc(C(=O)C[C@H](OC)C(=O)O)cc2c(F)c1OC. The monoisotopic (exact) mass is 342 g/mol. The first-order valence-corrected chi connectivity index (χ1v) is 7.37. The van der Waals surface area contributed by atoms with Crippen LogP contribution >= 0.6 is 11.3 Å². The van der Waals surface area contributed by atoms with Gasteiger partial charge in [-0.2, -0.15) is 0 Å². The van der Waals surface area contributed by atoms with Crippen molar-refractivity contribution in [2.24, 2.45) is 0 Å². The number of rotatable bonds is 7. The van der Waals surface area contributed by atoms with Crippen LogP contribution in [-0.4, -0.2) is 44.3 Å². The van der Waals surface area contributed by atoms with Gasteiger partial charge in [0.1, 0.15) is 0 Å². The van der Waals surface area contributed by atoms with Crippen LogP contribution < -0.4 is 9.47 Å². The van der Waals surface area contributed by atoms with Gasteiger partial charge in [0.2, 0.25) is 0 Å². The minimum atomic E-state index is -1.23. The van der Waals surface area contributed by atoms with Gasteiger partial charge < -0.3 is 19.3 Å². The van der Waals surface area contributed by atoms with Gasteiger partial charge in [-0.1, -0.05) is 0 Å². The molecule has 0 unspecified atom stereocenters. The van der Waals surface area contributed by atoms with Gasteiger partial charge in [-0.15, -0.1) is 11.3 Å². The molecule has 0 radical (unpaired) electrons. The van der Waals surface area contributed by atoms with E-state index in [1.807, 2.05) is 0 Å². The second-order valence-corrected chi connectivity index (χ2v) is 5.72. The molecule has 0 spiro atoms. The highest BCUT2D eigenvalue weighted by Crippen LogP contribution is 2.39. The number of halogens is 1. The Hall–Kier alpha value is -2.19. The van der Waals surface area contributed by atoms with Crippen LogP contribution in [0.1, 0.15) is 16.1 Å². The van der Waals surface area contributed by atoms with E-state index >= 15 is 0 Å². The third-order valence-corrected chi connectivity index (χ3v) is 4.44. The second kappa shape index (κ2) is 6.93. The van der Waals surface area contributed by atoms with Crippen LogP contribution in [0.25, 0.3) is 10.1 Å². The number of methoxy groups -OCH3 is 3. The van der Waals surface area contributed by atoms with Crippen LogP contribution in [0.15, 0.2) is 12.1 Å². The second-order valence-electron chi connectivity index (χ2n) is 4.64. The van der Waals surface area contributed by atoms with Gasteiger partial charge in [-0.3, -0.25) is 4.79 Å². The molecule has 0 saturated carbocycles. The van der Waals surface area contributed by atoms with Crippen molar-refractivity contribution in [3.05, 3.63) is 22.8 Å².